The number of nitrogens with one attached hydrogen (secondary N) is 1. The molecule has 0 aromatic rings. The largest absolute Gasteiger partial charge is 0.480 e. The van der Waals surface area contributed by atoms with E-state index < -0.39 is 11.5 Å². The first-order chi connectivity index (χ1) is 9.44. The molecule has 5 nitrogen and oxygen atoms in total. The molecular formula is C15H30N2O3. The van der Waals surface area contributed by atoms with E-state index >= 15 is 0 Å². The van der Waals surface area contributed by atoms with Gasteiger partial charge in [0.1, 0.15) is 5.54 Å². The maximum absolute atomic E-state index is 11.6. The molecule has 0 amide bonds. The maximum Gasteiger partial charge on any atom is 0.323 e. The Hall–Kier alpha value is -0.650. The third-order valence-electron chi connectivity index (χ3n) is 4.08. The molecule has 1 aliphatic rings. The predicted octanol–water partition coefficient (Wildman–Crippen LogP) is 1.72. The average Bonchev–Trinajstić information content (AvgIpc) is 3.21. The van der Waals surface area contributed by atoms with E-state index in [0.29, 0.717) is 19.1 Å². The Morgan fingerprint density at radius 3 is 2.65 bits per heavy atom. The third-order valence-corrected chi connectivity index (χ3v) is 4.08. The van der Waals surface area contributed by atoms with Crippen LogP contribution in [0.2, 0.25) is 0 Å². The van der Waals surface area contributed by atoms with E-state index in [0.717, 1.165) is 19.5 Å². The Labute approximate surface area is 122 Å². The first kappa shape index (κ1) is 17.4. The van der Waals surface area contributed by atoms with Crippen molar-refractivity contribution in [1.82, 2.24) is 10.2 Å². The van der Waals surface area contributed by atoms with E-state index in [1.54, 1.807) is 14.0 Å². The minimum Gasteiger partial charge on any atom is -0.480 e. The summed E-state index contributed by atoms with van der Waals surface area (Å²) in [5.41, 5.74) is -0.852. The van der Waals surface area contributed by atoms with Gasteiger partial charge in [-0.1, -0.05) is 6.92 Å². The highest BCUT2D eigenvalue weighted by atomic mass is 16.5. The highest BCUT2D eigenvalue weighted by Gasteiger charge is 2.39. The normalized spacial score (nSPS) is 19.9. The fourth-order valence-electron chi connectivity index (χ4n) is 2.71. The molecule has 118 valence electrons. The molecule has 1 saturated carbocycles. The van der Waals surface area contributed by atoms with Crippen LogP contribution in [0.25, 0.3) is 0 Å². The molecule has 0 aromatic carbocycles. The van der Waals surface area contributed by atoms with Crippen molar-refractivity contribution >= 4 is 5.97 Å². The minimum absolute atomic E-state index is 0.239. The summed E-state index contributed by atoms with van der Waals surface area (Å²) in [5.74, 6) is -0.764. The summed E-state index contributed by atoms with van der Waals surface area (Å²) < 4.78 is 5.17. The van der Waals surface area contributed by atoms with Gasteiger partial charge >= 0.3 is 5.97 Å². The number of carbonyl (C=O) groups is 1. The van der Waals surface area contributed by atoms with E-state index in [4.69, 9.17) is 4.74 Å². The van der Waals surface area contributed by atoms with E-state index in [2.05, 4.69) is 17.1 Å². The molecule has 1 fully saturated rings. The van der Waals surface area contributed by atoms with Crippen molar-refractivity contribution in [1.29, 1.82) is 0 Å². The highest BCUT2D eigenvalue weighted by Crippen LogP contribution is 2.30. The maximum atomic E-state index is 11.6. The minimum atomic E-state index is -0.852. The summed E-state index contributed by atoms with van der Waals surface area (Å²) in [5, 5.41) is 12.7. The van der Waals surface area contributed by atoms with Crippen LogP contribution in [-0.2, 0) is 9.53 Å². The Morgan fingerprint density at radius 1 is 1.55 bits per heavy atom. The zero-order valence-electron chi connectivity index (χ0n) is 13.3. The molecule has 0 bridgehead atoms. The molecule has 0 spiro atoms. The molecule has 20 heavy (non-hydrogen) atoms. The topological polar surface area (TPSA) is 61.8 Å². The summed E-state index contributed by atoms with van der Waals surface area (Å²) in [7, 11) is 1.71. The first-order valence-corrected chi connectivity index (χ1v) is 7.67. The standard InChI is InChI=1S/C15H30N2O3/c1-5-8-16-15(3,14(18)19)11-12(2)17(9-10-20-4)13-6-7-13/h12-13,16H,5-11H2,1-4H3,(H,18,19). The second-order valence-corrected chi connectivity index (χ2v) is 6.08. The van der Waals surface area contributed by atoms with E-state index in [-0.39, 0.29) is 6.04 Å². The van der Waals surface area contributed by atoms with Crippen molar-refractivity contribution in [2.45, 2.75) is 64.1 Å². The molecule has 0 radical (unpaired) electrons. The number of nitrogens with zero attached hydrogens (tertiary/aromatic N) is 1. The van der Waals surface area contributed by atoms with Gasteiger partial charge < -0.3 is 15.2 Å². The van der Waals surface area contributed by atoms with Crippen LogP contribution in [0.4, 0.5) is 0 Å². The number of carboxylic acids is 1. The van der Waals surface area contributed by atoms with Crippen molar-refractivity contribution in [2.75, 3.05) is 26.8 Å². The number of aliphatic carboxylic acids is 1. The molecule has 5 heteroatoms. The van der Waals surface area contributed by atoms with Gasteiger partial charge in [-0.3, -0.25) is 9.69 Å². The quantitative estimate of drug-likeness (QED) is 0.605. The van der Waals surface area contributed by atoms with Crippen LogP contribution in [0.1, 0.15) is 46.5 Å². The van der Waals surface area contributed by atoms with E-state index in [1.165, 1.54) is 12.8 Å². The Balaban J connectivity index is 2.62. The van der Waals surface area contributed by atoms with Gasteiger partial charge in [-0.05, 0) is 46.1 Å². The molecule has 0 aromatic heterocycles. The van der Waals surface area contributed by atoms with Crippen LogP contribution in [0.5, 0.6) is 0 Å². The van der Waals surface area contributed by atoms with Crippen molar-refractivity contribution < 1.29 is 14.6 Å². The monoisotopic (exact) mass is 286 g/mol. The Morgan fingerprint density at radius 2 is 2.20 bits per heavy atom. The van der Waals surface area contributed by atoms with Gasteiger partial charge in [-0.15, -0.1) is 0 Å². The van der Waals surface area contributed by atoms with Gasteiger partial charge in [0.15, 0.2) is 0 Å². The van der Waals surface area contributed by atoms with Gasteiger partial charge in [-0.25, -0.2) is 0 Å². The molecule has 1 rings (SSSR count). The summed E-state index contributed by atoms with van der Waals surface area (Å²) in [6.07, 6.45) is 4.00. The third kappa shape index (κ3) is 5.04. The van der Waals surface area contributed by atoms with Gasteiger partial charge in [0.2, 0.25) is 0 Å². The van der Waals surface area contributed by atoms with E-state index in [1.807, 2.05) is 6.92 Å². The fourth-order valence-corrected chi connectivity index (χ4v) is 2.71. The number of rotatable bonds is 11. The molecular weight excluding hydrogens is 256 g/mol. The van der Waals surface area contributed by atoms with Crippen molar-refractivity contribution in [3.05, 3.63) is 0 Å². The number of hydrogen-bond donors (Lipinski definition) is 2. The first-order valence-electron chi connectivity index (χ1n) is 7.67. The summed E-state index contributed by atoms with van der Waals surface area (Å²) in [4.78, 5) is 14.0. The molecule has 0 heterocycles. The number of carboxylic acid groups (broad SMARTS) is 1. The lowest BCUT2D eigenvalue weighted by molar-refractivity contribution is -0.145. The average molecular weight is 286 g/mol. The molecule has 2 unspecified atom stereocenters. The second kappa shape index (κ2) is 7.96. The van der Waals surface area contributed by atoms with Crippen LogP contribution >= 0.6 is 0 Å². The second-order valence-electron chi connectivity index (χ2n) is 6.08. The fraction of sp³-hybridized carbons (Fsp3) is 0.933. The molecule has 0 saturated heterocycles. The molecule has 2 N–H and O–H groups in total. The zero-order valence-corrected chi connectivity index (χ0v) is 13.3. The Bertz CT molecular complexity index is 307. The lowest BCUT2D eigenvalue weighted by Gasteiger charge is -2.35. The van der Waals surface area contributed by atoms with Crippen LogP contribution < -0.4 is 5.32 Å². The van der Waals surface area contributed by atoms with Gasteiger partial charge in [0.05, 0.1) is 6.61 Å². The predicted molar refractivity (Wildman–Crippen MR) is 80.0 cm³/mol. The van der Waals surface area contributed by atoms with Gasteiger partial charge in [0, 0.05) is 25.7 Å². The van der Waals surface area contributed by atoms with Crippen LogP contribution in [0, 0.1) is 0 Å². The van der Waals surface area contributed by atoms with Gasteiger partial charge in [0.25, 0.3) is 0 Å². The van der Waals surface area contributed by atoms with Crippen LogP contribution in [0.15, 0.2) is 0 Å². The SMILES string of the molecule is CCCNC(C)(CC(C)N(CCOC)C1CC1)C(=O)O. The molecule has 2 atom stereocenters. The highest BCUT2D eigenvalue weighted by molar-refractivity contribution is 5.78. The van der Waals surface area contributed by atoms with Crippen molar-refractivity contribution in [2.24, 2.45) is 0 Å². The summed E-state index contributed by atoms with van der Waals surface area (Å²) >= 11 is 0. The van der Waals surface area contributed by atoms with Crippen LogP contribution in [-0.4, -0.2) is 60.4 Å². The zero-order chi connectivity index (χ0) is 15.2. The Kier molecular flexibility index (Phi) is 6.92. The number of methoxy groups -OCH3 is 1. The number of ether oxygens (including phenoxy) is 1. The van der Waals surface area contributed by atoms with Gasteiger partial charge in [-0.2, -0.15) is 0 Å². The van der Waals surface area contributed by atoms with E-state index in [9.17, 15) is 9.90 Å². The lowest BCUT2D eigenvalue weighted by Crippen LogP contribution is -2.54. The smallest absolute Gasteiger partial charge is 0.323 e. The van der Waals surface area contributed by atoms with Crippen molar-refractivity contribution in [3.8, 4) is 0 Å². The lowest BCUT2D eigenvalue weighted by atomic mass is 9.92. The summed E-state index contributed by atoms with van der Waals surface area (Å²) in [6, 6.07) is 0.854. The molecule has 0 aliphatic heterocycles. The number of hydrogen-bond acceptors (Lipinski definition) is 4. The summed E-state index contributed by atoms with van der Waals surface area (Å²) in [6.45, 7) is 8.29. The van der Waals surface area contributed by atoms with Crippen LogP contribution in [0.3, 0.4) is 0 Å². The van der Waals surface area contributed by atoms with Crippen molar-refractivity contribution in [3.63, 3.8) is 0 Å². The molecule has 1 aliphatic carbocycles.